The van der Waals surface area contributed by atoms with Crippen LogP contribution in [0.2, 0.25) is 5.02 Å². The molecule has 0 spiro atoms. The molecule has 1 atom stereocenters. The summed E-state index contributed by atoms with van der Waals surface area (Å²) < 4.78 is 48.4. The molecule has 0 aliphatic heterocycles. The SMILES string of the molecule is COc1ccc(N(CC(=O)N(Cc2ccc(F)cc2)[C@@H](Cc2ccccc2)C(=O)NC(C)C)S(=O)(=O)c2ccc(C)cc2)cc1Cl. The zero-order valence-corrected chi connectivity index (χ0v) is 27.7. The average Bonchev–Trinajstić information content (AvgIpc) is 3.02. The number of hydrogen-bond donors (Lipinski definition) is 1. The second-order valence-electron chi connectivity index (χ2n) is 11.2. The summed E-state index contributed by atoms with van der Waals surface area (Å²) in [6.45, 7) is 4.73. The topological polar surface area (TPSA) is 96.0 Å². The first-order chi connectivity index (χ1) is 21.9. The van der Waals surface area contributed by atoms with E-state index >= 15 is 0 Å². The lowest BCUT2D eigenvalue weighted by Gasteiger charge is -2.34. The van der Waals surface area contributed by atoms with Crippen molar-refractivity contribution in [2.45, 2.75) is 50.7 Å². The minimum Gasteiger partial charge on any atom is -0.495 e. The molecular formula is C35H37ClFN3O5S. The molecule has 0 heterocycles. The molecule has 4 rings (SSSR count). The zero-order chi connectivity index (χ0) is 33.4. The van der Waals surface area contributed by atoms with Crippen molar-refractivity contribution >= 4 is 39.1 Å². The highest BCUT2D eigenvalue weighted by Crippen LogP contribution is 2.32. The molecule has 2 amide bonds. The quantitative estimate of drug-likeness (QED) is 0.185. The van der Waals surface area contributed by atoms with Gasteiger partial charge in [-0.1, -0.05) is 71.8 Å². The van der Waals surface area contributed by atoms with E-state index in [2.05, 4.69) is 5.32 Å². The number of benzene rings is 4. The number of methoxy groups -OCH3 is 1. The van der Waals surface area contributed by atoms with Crippen molar-refractivity contribution in [3.05, 3.63) is 125 Å². The van der Waals surface area contributed by atoms with Gasteiger partial charge in [-0.3, -0.25) is 13.9 Å². The van der Waals surface area contributed by atoms with Crippen LogP contribution in [-0.4, -0.2) is 50.9 Å². The largest absolute Gasteiger partial charge is 0.495 e. The van der Waals surface area contributed by atoms with Gasteiger partial charge in [0, 0.05) is 19.0 Å². The van der Waals surface area contributed by atoms with E-state index in [0.717, 1.165) is 15.4 Å². The van der Waals surface area contributed by atoms with E-state index < -0.39 is 40.2 Å². The fraction of sp³-hybridized carbons (Fsp3) is 0.257. The lowest BCUT2D eigenvalue weighted by Crippen LogP contribution is -2.54. The van der Waals surface area contributed by atoms with Crippen LogP contribution in [0.1, 0.15) is 30.5 Å². The molecule has 0 aliphatic rings. The Morgan fingerprint density at radius 1 is 0.913 bits per heavy atom. The number of sulfonamides is 1. The van der Waals surface area contributed by atoms with Crippen molar-refractivity contribution < 1.29 is 27.1 Å². The fourth-order valence-corrected chi connectivity index (χ4v) is 6.56. The van der Waals surface area contributed by atoms with Gasteiger partial charge in [0.15, 0.2) is 0 Å². The predicted molar refractivity (Wildman–Crippen MR) is 178 cm³/mol. The van der Waals surface area contributed by atoms with Crippen molar-refractivity contribution in [1.29, 1.82) is 0 Å². The first-order valence-corrected chi connectivity index (χ1v) is 16.5. The maximum Gasteiger partial charge on any atom is 0.264 e. The summed E-state index contributed by atoms with van der Waals surface area (Å²) in [7, 11) is -2.86. The van der Waals surface area contributed by atoms with Gasteiger partial charge in [0.05, 0.1) is 22.7 Å². The molecular weight excluding hydrogens is 629 g/mol. The van der Waals surface area contributed by atoms with Crippen LogP contribution in [0.5, 0.6) is 5.75 Å². The zero-order valence-electron chi connectivity index (χ0n) is 26.1. The number of amides is 2. The maximum atomic E-state index is 14.5. The molecule has 46 heavy (non-hydrogen) atoms. The van der Waals surface area contributed by atoms with Gasteiger partial charge in [-0.2, -0.15) is 0 Å². The van der Waals surface area contributed by atoms with Crippen molar-refractivity contribution in [2.24, 2.45) is 0 Å². The van der Waals surface area contributed by atoms with E-state index in [9.17, 15) is 22.4 Å². The van der Waals surface area contributed by atoms with Crippen molar-refractivity contribution in [3.63, 3.8) is 0 Å². The minimum atomic E-state index is -4.30. The highest BCUT2D eigenvalue weighted by atomic mass is 35.5. The monoisotopic (exact) mass is 665 g/mol. The van der Waals surface area contributed by atoms with E-state index in [4.69, 9.17) is 16.3 Å². The molecule has 11 heteroatoms. The van der Waals surface area contributed by atoms with E-state index in [1.165, 1.54) is 66.6 Å². The summed E-state index contributed by atoms with van der Waals surface area (Å²) in [5.41, 5.74) is 2.35. The Balaban J connectivity index is 1.82. The van der Waals surface area contributed by atoms with Gasteiger partial charge in [0.25, 0.3) is 10.0 Å². The molecule has 0 aliphatic carbocycles. The summed E-state index contributed by atoms with van der Waals surface area (Å²) in [6.07, 6.45) is 0.158. The Bertz CT molecular complexity index is 1750. The van der Waals surface area contributed by atoms with Crippen LogP contribution in [0, 0.1) is 12.7 Å². The van der Waals surface area contributed by atoms with E-state index in [1.54, 1.807) is 12.1 Å². The van der Waals surface area contributed by atoms with Crippen molar-refractivity contribution in [2.75, 3.05) is 18.0 Å². The van der Waals surface area contributed by atoms with Crippen LogP contribution in [0.3, 0.4) is 0 Å². The highest BCUT2D eigenvalue weighted by Gasteiger charge is 2.35. The molecule has 0 bridgehead atoms. The number of anilines is 1. The lowest BCUT2D eigenvalue weighted by atomic mass is 10.0. The Morgan fingerprint density at radius 2 is 1.57 bits per heavy atom. The number of nitrogens with one attached hydrogen (secondary N) is 1. The first-order valence-electron chi connectivity index (χ1n) is 14.7. The van der Waals surface area contributed by atoms with Gasteiger partial charge in [-0.15, -0.1) is 0 Å². The molecule has 1 N–H and O–H groups in total. The van der Waals surface area contributed by atoms with Crippen LogP contribution in [0.4, 0.5) is 10.1 Å². The Hall–Kier alpha value is -4.41. The van der Waals surface area contributed by atoms with Gasteiger partial charge < -0.3 is 15.0 Å². The third-order valence-electron chi connectivity index (χ3n) is 7.28. The van der Waals surface area contributed by atoms with E-state index in [1.807, 2.05) is 51.1 Å². The molecule has 4 aromatic carbocycles. The van der Waals surface area contributed by atoms with Crippen LogP contribution >= 0.6 is 11.6 Å². The van der Waals surface area contributed by atoms with Gasteiger partial charge in [-0.05, 0) is 74.4 Å². The highest BCUT2D eigenvalue weighted by molar-refractivity contribution is 7.92. The number of nitrogens with zero attached hydrogens (tertiary/aromatic N) is 2. The predicted octanol–water partition coefficient (Wildman–Crippen LogP) is 6.16. The number of aryl methyl sites for hydroxylation is 1. The van der Waals surface area contributed by atoms with Crippen LogP contribution in [0.25, 0.3) is 0 Å². The molecule has 0 fully saturated rings. The molecule has 0 saturated heterocycles. The second kappa shape index (κ2) is 15.2. The summed E-state index contributed by atoms with van der Waals surface area (Å²) in [6, 6.07) is 24.3. The van der Waals surface area contributed by atoms with Crippen LogP contribution < -0.4 is 14.4 Å². The molecule has 0 saturated carbocycles. The van der Waals surface area contributed by atoms with Crippen molar-refractivity contribution in [1.82, 2.24) is 10.2 Å². The molecule has 0 unspecified atom stereocenters. The van der Waals surface area contributed by atoms with Gasteiger partial charge in [0.2, 0.25) is 11.8 Å². The fourth-order valence-electron chi connectivity index (χ4n) is 4.90. The summed E-state index contributed by atoms with van der Waals surface area (Å²) in [5, 5.41) is 3.05. The Kier molecular flexibility index (Phi) is 11.4. The van der Waals surface area contributed by atoms with E-state index in [-0.39, 0.29) is 34.6 Å². The van der Waals surface area contributed by atoms with Gasteiger partial charge in [0.1, 0.15) is 24.2 Å². The number of rotatable bonds is 13. The molecule has 0 aromatic heterocycles. The number of ether oxygens (including phenoxy) is 1. The lowest BCUT2D eigenvalue weighted by molar-refractivity contribution is -0.140. The Labute approximate surface area is 274 Å². The normalized spacial score (nSPS) is 12.0. The minimum absolute atomic E-state index is 0.0266. The summed E-state index contributed by atoms with van der Waals surface area (Å²) >= 11 is 6.41. The van der Waals surface area contributed by atoms with Gasteiger partial charge in [-0.25, -0.2) is 12.8 Å². The van der Waals surface area contributed by atoms with Crippen molar-refractivity contribution in [3.8, 4) is 5.75 Å². The van der Waals surface area contributed by atoms with Gasteiger partial charge >= 0.3 is 0 Å². The maximum absolute atomic E-state index is 14.5. The van der Waals surface area contributed by atoms with E-state index in [0.29, 0.717) is 11.3 Å². The summed E-state index contributed by atoms with van der Waals surface area (Å²) in [5.74, 6) is -1.18. The Morgan fingerprint density at radius 3 is 2.15 bits per heavy atom. The third-order valence-corrected chi connectivity index (χ3v) is 9.36. The number of halogens is 2. The first kappa shape index (κ1) is 34.5. The van der Waals surface area contributed by atoms with Crippen LogP contribution in [0.15, 0.2) is 102 Å². The molecule has 0 radical (unpaired) electrons. The third kappa shape index (κ3) is 8.64. The average molecular weight is 666 g/mol. The smallest absolute Gasteiger partial charge is 0.264 e. The number of carbonyl (C=O) groups excluding carboxylic acids is 2. The van der Waals surface area contributed by atoms with Crippen LogP contribution in [-0.2, 0) is 32.6 Å². The summed E-state index contributed by atoms with van der Waals surface area (Å²) in [4.78, 5) is 29.5. The molecule has 8 nitrogen and oxygen atoms in total. The number of carbonyl (C=O) groups is 2. The second-order valence-corrected chi connectivity index (χ2v) is 13.4. The molecule has 4 aromatic rings. The number of hydrogen-bond acceptors (Lipinski definition) is 5. The standard InChI is InChI=1S/C35H37ClFN3O5S/c1-24(2)38-35(42)32(20-26-8-6-5-7-9-26)39(22-27-12-14-28(37)15-13-27)34(41)23-40(29-16-19-33(45-4)31(36)21-29)46(43,44)30-17-10-25(3)11-18-30/h5-19,21,24,32H,20,22-23H2,1-4H3,(H,38,42)/t32-/m0/s1. The molecule has 242 valence electrons.